The molecule has 0 saturated heterocycles. The fraction of sp³-hybridized carbons (Fsp3) is 0.273. The van der Waals surface area contributed by atoms with Crippen LogP contribution < -0.4 is 5.73 Å². The average molecular weight is 253 g/mol. The lowest BCUT2D eigenvalue weighted by Crippen LogP contribution is -2.17. The number of fused-ring (bicyclic) bond motifs is 1. The van der Waals surface area contributed by atoms with Gasteiger partial charge in [0.1, 0.15) is 0 Å². The normalized spacial score (nSPS) is 13.4. The maximum atomic E-state index is 5.78. The highest BCUT2D eigenvalue weighted by atomic mass is 79.9. The summed E-state index contributed by atoms with van der Waals surface area (Å²) >= 11 is 3.45. The molecule has 1 aromatic heterocycles. The van der Waals surface area contributed by atoms with E-state index in [4.69, 9.17) is 5.73 Å². The minimum absolute atomic E-state index is 0.206. The van der Waals surface area contributed by atoms with E-state index in [9.17, 15) is 0 Å². The molecule has 0 aliphatic heterocycles. The summed E-state index contributed by atoms with van der Waals surface area (Å²) in [5, 5.41) is 1.27. The van der Waals surface area contributed by atoms with Gasteiger partial charge in [0, 0.05) is 27.6 Å². The zero-order valence-corrected chi connectivity index (χ0v) is 9.64. The van der Waals surface area contributed by atoms with Gasteiger partial charge in [-0.05, 0) is 31.0 Å². The molecule has 2 rings (SSSR count). The molecule has 1 aromatic carbocycles. The molecule has 1 atom stereocenters. The van der Waals surface area contributed by atoms with E-state index in [2.05, 4.69) is 39.1 Å². The Bertz CT molecular complexity index is 445. The zero-order valence-electron chi connectivity index (χ0n) is 8.05. The largest absolute Gasteiger partial charge is 0.361 e. The van der Waals surface area contributed by atoms with Gasteiger partial charge in [0.05, 0.1) is 0 Å². The van der Waals surface area contributed by atoms with Gasteiger partial charge in [-0.3, -0.25) is 0 Å². The molecule has 0 spiro atoms. The Labute approximate surface area is 91.6 Å². The van der Waals surface area contributed by atoms with Gasteiger partial charge in [-0.1, -0.05) is 22.0 Å². The Balaban J connectivity index is 2.47. The van der Waals surface area contributed by atoms with Gasteiger partial charge in [-0.25, -0.2) is 0 Å². The van der Waals surface area contributed by atoms with Crippen LogP contribution in [0.4, 0.5) is 0 Å². The van der Waals surface area contributed by atoms with E-state index in [1.807, 2.05) is 13.1 Å². The Morgan fingerprint density at radius 2 is 2.29 bits per heavy atom. The minimum atomic E-state index is 0.206. The molecule has 2 nitrogen and oxygen atoms in total. The Morgan fingerprint density at radius 3 is 3.00 bits per heavy atom. The quantitative estimate of drug-likeness (QED) is 0.849. The van der Waals surface area contributed by atoms with Crippen molar-refractivity contribution in [1.82, 2.24) is 4.98 Å². The number of halogens is 1. The second-order valence-corrected chi connectivity index (χ2v) is 4.60. The lowest BCUT2D eigenvalue weighted by atomic mass is 10.1. The van der Waals surface area contributed by atoms with E-state index in [0.717, 1.165) is 16.4 Å². The number of nitrogens with one attached hydrogen (secondary N) is 1. The van der Waals surface area contributed by atoms with Gasteiger partial charge in [-0.15, -0.1) is 0 Å². The number of aromatic nitrogens is 1. The Morgan fingerprint density at radius 1 is 1.50 bits per heavy atom. The van der Waals surface area contributed by atoms with Gasteiger partial charge in [0.15, 0.2) is 0 Å². The topological polar surface area (TPSA) is 41.8 Å². The first kappa shape index (κ1) is 9.74. The molecular weight excluding hydrogens is 240 g/mol. The van der Waals surface area contributed by atoms with Gasteiger partial charge in [0.25, 0.3) is 0 Å². The van der Waals surface area contributed by atoms with Crippen LogP contribution in [0.1, 0.15) is 12.5 Å². The highest BCUT2D eigenvalue weighted by molar-refractivity contribution is 9.10. The summed E-state index contributed by atoms with van der Waals surface area (Å²) in [6.07, 6.45) is 2.96. The molecule has 0 bridgehead atoms. The fourth-order valence-electron chi connectivity index (χ4n) is 1.67. The molecule has 3 N–H and O–H groups in total. The highest BCUT2D eigenvalue weighted by Crippen LogP contribution is 2.22. The zero-order chi connectivity index (χ0) is 10.1. The molecule has 3 heteroatoms. The standard InChI is InChI=1S/C11H13BrN2/c1-7(13)4-8-6-14-11-5-9(12)2-3-10(8)11/h2-3,5-7,14H,4,13H2,1H3. The van der Waals surface area contributed by atoms with Crippen molar-refractivity contribution in [2.45, 2.75) is 19.4 Å². The third-order valence-electron chi connectivity index (χ3n) is 2.27. The monoisotopic (exact) mass is 252 g/mol. The molecule has 0 radical (unpaired) electrons. The SMILES string of the molecule is CC(N)Cc1c[nH]c2cc(Br)ccc12. The average Bonchev–Trinajstić information content (AvgIpc) is 2.47. The van der Waals surface area contributed by atoms with Crippen molar-refractivity contribution in [3.8, 4) is 0 Å². The Hall–Kier alpha value is -0.800. The highest BCUT2D eigenvalue weighted by Gasteiger charge is 2.05. The number of H-pyrrole nitrogens is 1. The van der Waals surface area contributed by atoms with Crippen molar-refractivity contribution in [2.24, 2.45) is 5.73 Å². The molecule has 1 heterocycles. The van der Waals surface area contributed by atoms with Crippen LogP contribution >= 0.6 is 15.9 Å². The summed E-state index contributed by atoms with van der Waals surface area (Å²) in [7, 11) is 0. The van der Waals surface area contributed by atoms with Crippen molar-refractivity contribution < 1.29 is 0 Å². The molecule has 14 heavy (non-hydrogen) atoms. The van der Waals surface area contributed by atoms with Gasteiger partial charge in [-0.2, -0.15) is 0 Å². The van der Waals surface area contributed by atoms with Crippen LogP contribution in [0.5, 0.6) is 0 Å². The predicted molar refractivity (Wildman–Crippen MR) is 63.4 cm³/mol. The number of hydrogen-bond acceptors (Lipinski definition) is 1. The molecular formula is C11H13BrN2. The van der Waals surface area contributed by atoms with Crippen LogP contribution in [0.3, 0.4) is 0 Å². The summed E-state index contributed by atoms with van der Waals surface area (Å²) in [5.41, 5.74) is 8.24. The van der Waals surface area contributed by atoms with Crippen LogP contribution in [-0.4, -0.2) is 11.0 Å². The number of benzene rings is 1. The van der Waals surface area contributed by atoms with E-state index in [-0.39, 0.29) is 6.04 Å². The first-order valence-corrected chi connectivity index (χ1v) is 5.47. The molecule has 0 aliphatic carbocycles. The lowest BCUT2D eigenvalue weighted by Gasteiger charge is -2.02. The van der Waals surface area contributed by atoms with Gasteiger partial charge >= 0.3 is 0 Å². The molecule has 0 fully saturated rings. The predicted octanol–water partition coefficient (Wildman–Crippen LogP) is 2.82. The van der Waals surface area contributed by atoms with Gasteiger partial charge in [0.2, 0.25) is 0 Å². The molecule has 2 aromatic rings. The van der Waals surface area contributed by atoms with E-state index in [0.29, 0.717) is 0 Å². The number of aromatic amines is 1. The van der Waals surface area contributed by atoms with Crippen LogP contribution in [0.2, 0.25) is 0 Å². The molecule has 0 aliphatic rings. The van der Waals surface area contributed by atoms with Crippen LogP contribution in [0.25, 0.3) is 10.9 Å². The number of rotatable bonds is 2. The summed E-state index contributed by atoms with van der Waals surface area (Å²) in [5.74, 6) is 0. The second-order valence-electron chi connectivity index (χ2n) is 3.69. The third-order valence-corrected chi connectivity index (χ3v) is 2.76. The van der Waals surface area contributed by atoms with E-state index >= 15 is 0 Å². The Kier molecular flexibility index (Phi) is 2.61. The van der Waals surface area contributed by atoms with Crippen molar-refractivity contribution >= 4 is 26.8 Å². The van der Waals surface area contributed by atoms with Gasteiger partial charge < -0.3 is 10.7 Å². The summed E-state index contributed by atoms with van der Waals surface area (Å²) < 4.78 is 1.10. The van der Waals surface area contributed by atoms with E-state index < -0.39 is 0 Å². The van der Waals surface area contributed by atoms with Crippen molar-refractivity contribution in [2.75, 3.05) is 0 Å². The number of hydrogen-bond donors (Lipinski definition) is 2. The van der Waals surface area contributed by atoms with E-state index in [1.165, 1.54) is 10.9 Å². The number of nitrogens with two attached hydrogens (primary N) is 1. The van der Waals surface area contributed by atoms with Crippen LogP contribution in [-0.2, 0) is 6.42 Å². The molecule has 1 unspecified atom stereocenters. The fourth-order valence-corrected chi connectivity index (χ4v) is 2.04. The van der Waals surface area contributed by atoms with Crippen LogP contribution in [0, 0.1) is 0 Å². The smallest absolute Gasteiger partial charge is 0.0468 e. The van der Waals surface area contributed by atoms with Crippen molar-refractivity contribution in [3.63, 3.8) is 0 Å². The van der Waals surface area contributed by atoms with Crippen molar-refractivity contribution in [1.29, 1.82) is 0 Å². The maximum Gasteiger partial charge on any atom is 0.0468 e. The summed E-state index contributed by atoms with van der Waals surface area (Å²) in [6, 6.07) is 6.46. The molecule has 0 saturated carbocycles. The summed E-state index contributed by atoms with van der Waals surface area (Å²) in [6.45, 7) is 2.03. The molecule has 0 amide bonds. The minimum Gasteiger partial charge on any atom is -0.361 e. The first-order chi connectivity index (χ1) is 6.66. The van der Waals surface area contributed by atoms with Crippen LogP contribution in [0.15, 0.2) is 28.9 Å². The maximum absolute atomic E-state index is 5.78. The third kappa shape index (κ3) is 1.83. The van der Waals surface area contributed by atoms with E-state index in [1.54, 1.807) is 0 Å². The first-order valence-electron chi connectivity index (χ1n) is 4.68. The molecule has 74 valence electrons. The lowest BCUT2D eigenvalue weighted by molar-refractivity contribution is 0.741. The van der Waals surface area contributed by atoms with Crippen molar-refractivity contribution in [3.05, 3.63) is 34.4 Å². The second kappa shape index (κ2) is 3.75. The summed E-state index contributed by atoms with van der Waals surface area (Å²) in [4.78, 5) is 3.25.